The van der Waals surface area contributed by atoms with Gasteiger partial charge in [-0.3, -0.25) is 0 Å². The third-order valence-electron chi connectivity index (χ3n) is 4.97. The van der Waals surface area contributed by atoms with Crippen molar-refractivity contribution in [2.75, 3.05) is 6.54 Å². The molecule has 1 aliphatic heterocycles. The van der Waals surface area contributed by atoms with Crippen molar-refractivity contribution in [1.29, 1.82) is 0 Å². The highest BCUT2D eigenvalue weighted by Gasteiger charge is 2.38. The van der Waals surface area contributed by atoms with Gasteiger partial charge < -0.3 is 10.1 Å². The van der Waals surface area contributed by atoms with Crippen LogP contribution in [0.3, 0.4) is 0 Å². The van der Waals surface area contributed by atoms with E-state index in [1.165, 1.54) is 24.0 Å². The molecule has 0 radical (unpaired) electrons. The Morgan fingerprint density at radius 2 is 1.95 bits per heavy atom. The summed E-state index contributed by atoms with van der Waals surface area (Å²) in [4.78, 5) is 0. The van der Waals surface area contributed by atoms with Crippen LogP contribution >= 0.6 is 0 Å². The van der Waals surface area contributed by atoms with Gasteiger partial charge in [-0.05, 0) is 43.9 Å². The van der Waals surface area contributed by atoms with Crippen LogP contribution in [0.4, 0.5) is 0 Å². The van der Waals surface area contributed by atoms with Crippen molar-refractivity contribution in [3.8, 4) is 5.75 Å². The first kappa shape index (κ1) is 16.4. The third-order valence-corrected chi connectivity index (χ3v) is 4.97. The first-order valence-corrected chi connectivity index (χ1v) is 8.73. The Hall–Kier alpha value is -1.02. The number of ether oxygens (including phenoxy) is 1. The second-order valence-corrected chi connectivity index (χ2v) is 6.28. The lowest BCUT2D eigenvalue weighted by Gasteiger charge is -2.42. The Kier molecular flexibility index (Phi) is 5.69. The van der Waals surface area contributed by atoms with Crippen molar-refractivity contribution in [3.63, 3.8) is 0 Å². The summed E-state index contributed by atoms with van der Waals surface area (Å²) in [6.07, 6.45) is 6.80. The summed E-state index contributed by atoms with van der Waals surface area (Å²) in [6, 6.07) is 7.17. The van der Waals surface area contributed by atoms with Gasteiger partial charge in [-0.15, -0.1) is 0 Å². The molecule has 2 heteroatoms. The number of benzene rings is 1. The summed E-state index contributed by atoms with van der Waals surface area (Å²) in [5, 5.41) is 3.77. The minimum absolute atomic E-state index is 0.00458. The molecule has 21 heavy (non-hydrogen) atoms. The molecule has 118 valence electrons. The molecule has 1 aromatic carbocycles. The zero-order valence-corrected chi connectivity index (χ0v) is 14.2. The van der Waals surface area contributed by atoms with Crippen molar-refractivity contribution in [2.45, 2.75) is 77.9 Å². The zero-order valence-electron chi connectivity index (χ0n) is 14.2. The summed E-state index contributed by atoms with van der Waals surface area (Å²) >= 11 is 0. The van der Waals surface area contributed by atoms with E-state index in [1.807, 2.05) is 0 Å². The second kappa shape index (κ2) is 7.31. The number of hydrogen-bond acceptors (Lipinski definition) is 2. The molecule has 2 nitrogen and oxygen atoms in total. The molecular formula is C19H31NO. The SMILES string of the molecule is CCCCNC1CC(CC)(CC)Oc2ccc(CC)cc21. The van der Waals surface area contributed by atoms with Gasteiger partial charge in [0.2, 0.25) is 0 Å². The zero-order chi connectivity index (χ0) is 15.3. The molecule has 0 fully saturated rings. The molecule has 0 amide bonds. The molecular weight excluding hydrogens is 258 g/mol. The Labute approximate surface area is 130 Å². The van der Waals surface area contributed by atoms with Gasteiger partial charge in [0, 0.05) is 18.0 Å². The molecule has 0 spiro atoms. The number of hydrogen-bond donors (Lipinski definition) is 1. The molecule has 0 aliphatic carbocycles. The fourth-order valence-corrected chi connectivity index (χ4v) is 3.26. The average molecular weight is 289 g/mol. The van der Waals surface area contributed by atoms with Crippen molar-refractivity contribution < 1.29 is 4.74 Å². The van der Waals surface area contributed by atoms with E-state index in [9.17, 15) is 0 Å². The molecule has 0 aromatic heterocycles. The number of fused-ring (bicyclic) bond motifs is 1. The van der Waals surface area contributed by atoms with E-state index in [0.29, 0.717) is 6.04 Å². The maximum absolute atomic E-state index is 6.41. The van der Waals surface area contributed by atoms with Crippen molar-refractivity contribution >= 4 is 0 Å². The summed E-state index contributed by atoms with van der Waals surface area (Å²) in [5.41, 5.74) is 2.77. The van der Waals surface area contributed by atoms with Crippen LogP contribution in [-0.4, -0.2) is 12.1 Å². The van der Waals surface area contributed by atoms with E-state index in [-0.39, 0.29) is 5.60 Å². The molecule has 1 atom stereocenters. The van der Waals surface area contributed by atoms with E-state index >= 15 is 0 Å². The Morgan fingerprint density at radius 1 is 1.19 bits per heavy atom. The lowest BCUT2D eigenvalue weighted by atomic mass is 9.83. The summed E-state index contributed by atoms with van der Waals surface area (Å²) in [6.45, 7) is 10.1. The Bertz CT molecular complexity index is 451. The summed E-state index contributed by atoms with van der Waals surface area (Å²) < 4.78 is 6.41. The van der Waals surface area contributed by atoms with Gasteiger partial charge in [-0.2, -0.15) is 0 Å². The van der Waals surface area contributed by atoms with Gasteiger partial charge in [-0.25, -0.2) is 0 Å². The van der Waals surface area contributed by atoms with Crippen LogP contribution in [-0.2, 0) is 6.42 Å². The minimum Gasteiger partial charge on any atom is -0.487 e. The van der Waals surface area contributed by atoms with Gasteiger partial charge in [0.1, 0.15) is 11.4 Å². The fourth-order valence-electron chi connectivity index (χ4n) is 3.26. The number of unbranched alkanes of at least 4 members (excludes halogenated alkanes) is 1. The third kappa shape index (κ3) is 3.60. The van der Waals surface area contributed by atoms with Crippen LogP contribution in [0.2, 0.25) is 0 Å². The van der Waals surface area contributed by atoms with E-state index in [1.54, 1.807) is 0 Å². The molecule has 1 heterocycles. The highest BCUT2D eigenvalue weighted by Crippen LogP contribution is 2.43. The number of aryl methyl sites for hydroxylation is 1. The van der Waals surface area contributed by atoms with E-state index in [0.717, 1.165) is 38.0 Å². The lowest BCUT2D eigenvalue weighted by Crippen LogP contribution is -2.43. The predicted molar refractivity (Wildman–Crippen MR) is 90.0 cm³/mol. The predicted octanol–water partition coefficient (Wildman–Crippen LogP) is 5.02. The second-order valence-electron chi connectivity index (χ2n) is 6.28. The van der Waals surface area contributed by atoms with Gasteiger partial charge >= 0.3 is 0 Å². The number of rotatable bonds is 7. The van der Waals surface area contributed by atoms with Crippen LogP contribution < -0.4 is 10.1 Å². The molecule has 2 rings (SSSR count). The van der Waals surface area contributed by atoms with Gasteiger partial charge in [0.25, 0.3) is 0 Å². The maximum Gasteiger partial charge on any atom is 0.124 e. The maximum atomic E-state index is 6.41. The Morgan fingerprint density at radius 3 is 2.57 bits per heavy atom. The summed E-state index contributed by atoms with van der Waals surface area (Å²) in [5.74, 6) is 1.09. The first-order valence-electron chi connectivity index (χ1n) is 8.73. The molecule has 1 aliphatic rings. The topological polar surface area (TPSA) is 21.3 Å². The summed E-state index contributed by atoms with van der Waals surface area (Å²) in [7, 11) is 0. The van der Waals surface area contributed by atoms with Crippen LogP contribution in [0.15, 0.2) is 18.2 Å². The van der Waals surface area contributed by atoms with E-state index in [4.69, 9.17) is 4.74 Å². The normalized spacial score (nSPS) is 19.9. The smallest absolute Gasteiger partial charge is 0.124 e. The quantitative estimate of drug-likeness (QED) is 0.711. The molecule has 0 saturated carbocycles. The standard InChI is InChI=1S/C19H31NO/c1-5-9-12-20-17-14-19(7-3,8-4)21-18-11-10-15(6-2)13-16(17)18/h10-11,13,17,20H,5-9,12,14H2,1-4H3. The van der Waals surface area contributed by atoms with Crippen molar-refractivity contribution in [2.24, 2.45) is 0 Å². The highest BCUT2D eigenvalue weighted by atomic mass is 16.5. The van der Waals surface area contributed by atoms with E-state index in [2.05, 4.69) is 51.2 Å². The Balaban J connectivity index is 2.28. The van der Waals surface area contributed by atoms with Gasteiger partial charge in [0.15, 0.2) is 0 Å². The van der Waals surface area contributed by atoms with Crippen LogP contribution in [0, 0.1) is 0 Å². The van der Waals surface area contributed by atoms with E-state index < -0.39 is 0 Å². The van der Waals surface area contributed by atoms with Crippen LogP contribution in [0.25, 0.3) is 0 Å². The molecule has 1 unspecified atom stereocenters. The molecule has 1 N–H and O–H groups in total. The minimum atomic E-state index is 0.00458. The largest absolute Gasteiger partial charge is 0.487 e. The molecule has 0 saturated heterocycles. The van der Waals surface area contributed by atoms with Crippen molar-refractivity contribution in [1.82, 2.24) is 5.32 Å². The fraction of sp³-hybridized carbons (Fsp3) is 0.684. The molecule has 0 bridgehead atoms. The van der Waals surface area contributed by atoms with Gasteiger partial charge in [0.05, 0.1) is 0 Å². The van der Waals surface area contributed by atoms with Crippen LogP contribution in [0.1, 0.15) is 77.0 Å². The van der Waals surface area contributed by atoms with Gasteiger partial charge in [-0.1, -0.05) is 46.2 Å². The highest BCUT2D eigenvalue weighted by molar-refractivity contribution is 5.42. The monoisotopic (exact) mass is 289 g/mol. The average Bonchev–Trinajstić information content (AvgIpc) is 2.54. The molecule has 1 aromatic rings. The van der Waals surface area contributed by atoms with Crippen molar-refractivity contribution in [3.05, 3.63) is 29.3 Å². The number of nitrogens with one attached hydrogen (secondary N) is 1. The lowest BCUT2D eigenvalue weighted by molar-refractivity contribution is 0.0228. The van der Waals surface area contributed by atoms with Crippen LogP contribution in [0.5, 0.6) is 5.75 Å². The first-order chi connectivity index (χ1) is 10.2.